The molecule has 0 heterocycles. The minimum Gasteiger partial charge on any atom is -0.457 e. The van der Waals surface area contributed by atoms with Gasteiger partial charge in [0, 0.05) is 16.6 Å². The number of benzene rings is 2. The number of aryl methyl sites for hydroxylation is 1. The van der Waals surface area contributed by atoms with Gasteiger partial charge in [-0.2, -0.15) is 0 Å². The molecule has 0 fully saturated rings. The van der Waals surface area contributed by atoms with E-state index in [0.717, 1.165) is 29.9 Å². The molecule has 0 amide bonds. The van der Waals surface area contributed by atoms with Crippen LogP contribution in [0.5, 0.6) is 11.5 Å². The second-order valence-corrected chi connectivity index (χ2v) is 5.41. The summed E-state index contributed by atoms with van der Waals surface area (Å²) in [6, 6.07) is 13.8. The normalized spacial score (nSPS) is 12.2. The zero-order valence-corrected chi connectivity index (χ0v) is 12.7. The van der Waals surface area contributed by atoms with Crippen LogP contribution in [0.25, 0.3) is 0 Å². The highest BCUT2D eigenvalue weighted by Gasteiger charge is 2.12. The molecule has 0 bridgehead atoms. The summed E-state index contributed by atoms with van der Waals surface area (Å²) in [4.78, 5) is 0. The van der Waals surface area contributed by atoms with Crippen molar-refractivity contribution in [2.24, 2.45) is 5.73 Å². The first-order valence-electron chi connectivity index (χ1n) is 6.87. The standard InChI is InChI=1S/C17H20ClNO/c1-3-13(19)11-15-16(18)5-4-6-17(15)20-14-9-7-12(2)8-10-14/h4-10,13H,3,11,19H2,1-2H3. The first-order valence-corrected chi connectivity index (χ1v) is 7.25. The summed E-state index contributed by atoms with van der Waals surface area (Å²) in [6.07, 6.45) is 1.63. The Bertz CT molecular complexity index is 566. The minimum absolute atomic E-state index is 0.0928. The maximum atomic E-state index is 6.29. The van der Waals surface area contributed by atoms with Crippen molar-refractivity contribution in [2.45, 2.75) is 32.7 Å². The molecular weight excluding hydrogens is 270 g/mol. The fourth-order valence-corrected chi connectivity index (χ4v) is 2.22. The Labute approximate surface area is 125 Å². The summed E-state index contributed by atoms with van der Waals surface area (Å²) in [7, 11) is 0. The van der Waals surface area contributed by atoms with E-state index in [0.29, 0.717) is 5.02 Å². The van der Waals surface area contributed by atoms with Gasteiger partial charge in [-0.3, -0.25) is 0 Å². The molecule has 0 saturated heterocycles. The predicted octanol–water partition coefficient (Wildman–Crippen LogP) is 4.72. The molecule has 3 heteroatoms. The SMILES string of the molecule is CCC(N)Cc1c(Cl)cccc1Oc1ccc(C)cc1. The molecule has 0 radical (unpaired) electrons. The zero-order valence-electron chi connectivity index (χ0n) is 11.9. The van der Waals surface area contributed by atoms with Gasteiger partial charge >= 0.3 is 0 Å². The molecule has 2 aromatic rings. The van der Waals surface area contributed by atoms with Crippen molar-refractivity contribution >= 4 is 11.6 Å². The molecule has 0 aliphatic rings. The number of ether oxygens (including phenoxy) is 1. The maximum absolute atomic E-state index is 6.29. The van der Waals surface area contributed by atoms with E-state index in [1.54, 1.807) is 0 Å². The van der Waals surface area contributed by atoms with Crippen LogP contribution in [0, 0.1) is 6.92 Å². The van der Waals surface area contributed by atoms with Gasteiger partial charge in [0.25, 0.3) is 0 Å². The lowest BCUT2D eigenvalue weighted by molar-refractivity contribution is 0.472. The average molecular weight is 290 g/mol. The molecule has 0 aliphatic carbocycles. The van der Waals surface area contributed by atoms with Crippen molar-refractivity contribution in [1.82, 2.24) is 0 Å². The summed E-state index contributed by atoms with van der Waals surface area (Å²) in [5.41, 5.74) is 8.22. The highest BCUT2D eigenvalue weighted by molar-refractivity contribution is 6.31. The molecule has 0 saturated carbocycles. The summed E-state index contributed by atoms with van der Waals surface area (Å²) in [6.45, 7) is 4.12. The van der Waals surface area contributed by atoms with E-state index < -0.39 is 0 Å². The molecule has 0 spiro atoms. The number of hydrogen-bond acceptors (Lipinski definition) is 2. The van der Waals surface area contributed by atoms with E-state index in [9.17, 15) is 0 Å². The van der Waals surface area contributed by atoms with Gasteiger partial charge in [0.2, 0.25) is 0 Å². The molecule has 0 aliphatic heterocycles. The largest absolute Gasteiger partial charge is 0.457 e. The van der Waals surface area contributed by atoms with E-state index in [1.807, 2.05) is 42.5 Å². The third kappa shape index (κ3) is 3.75. The highest BCUT2D eigenvalue weighted by atomic mass is 35.5. The van der Waals surface area contributed by atoms with Gasteiger partial charge in [-0.15, -0.1) is 0 Å². The summed E-state index contributed by atoms with van der Waals surface area (Å²) in [5, 5.41) is 0.707. The number of halogens is 1. The monoisotopic (exact) mass is 289 g/mol. The van der Waals surface area contributed by atoms with Gasteiger partial charge in [-0.1, -0.05) is 42.3 Å². The lowest BCUT2D eigenvalue weighted by Crippen LogP contribution is -2.21. The summed E-state index contributed by atoms with van der Waals surface area (Å²) >= 11 is 6.29. The highest BCUT2D eigenvalue weighted by Crippen LogP contribution is 2.31. The zero-order chi connectivity index (χ0) is 14.5. The Morgan fingerprint density at radius 3 is 2.50 bits per heavy atom. The van der Waals surface area contributed by atoms with Crippen LogP contribution >= 0.6 is 11.6 Å². The van der Waals surface area contributed by atoms with Gasteiger partial charge in [0.15, 0.2) is 0 Å². The first-order chi connectivity index (χ1) is 9.60. The van der Waals surface area contributed by atoms with E-state index in [2.05, 4.69) is 13.8 Å². The minimum atomic E-state index is 0.0928. The Morgan fingerprint density at radius 2 is 1.85 bits per heavy atom. The topological polar surface area (TPSA) is 35.2 Å². The van der Waals surface area contributed by atoms with Gasteiger partial charge in [0.05, 0.1) is 0 Å². The molecule has 20 heavy (non-hydrogen) atoms. The van der Waals surface area contributed by atoms with E-state index in [4.69, 9.17) is 22.1 Å². The average Bonchev–Trinajstić information content (AvgIpc) is 2.45. The van der Waals surface area contributed by atoms with Crippen molar-refractivity contribution in [3.8, 4) is 11.5 Å². The molecule has 1 atom stereocenters. The maximum Gasteiger partial charge on any atom is 0.132 e. The van der Waals surface area contributed by atoms with E-state index in [-0.39, 0.29) is 6.04 Å². The quantitative estimate of drug-likeness (QED) is 0.864. The van der Waals surface area contributed by atoms with Crippen LogP contribution in [0.3, 0.4) is 0 Å². The van der Waals surface area contributed by atoms with Gasteiger partial charge in [-0.05, 0) is 44.0 Å². The fourth-order valence-electron chi connectivity index (χ4n) is 1.97. The first kappa shape index (κ1) is 14.9. The van der Waals surface area contributed by atoms with Crippen molar-refractivity contribution in [2.75, 3.05) is 0 Å². The molecule has 2 rings (SSSR count). The van der Waals surface area contributed by atoms with E-state index in [1.165, 1.54) is 5.56 Å². The van der Waals surface area contributed by atoms with Gasteiger partial charge in [-0.25, -0.2) is 0 Å². The summed E-state index contributed by atoms with van der Waals surface area (Å²) < 4.78 is 5.95. The number of hydrogen-bond donors (Lipinski definition) is 1. The number of nitrogens with two attached hydrogens (primary N) is 1. The number of rotatable bonds is 5. The Kier molecular flexibility index (Phi) is 5.05. The van der Waals surface area contributed by atoms with Crippen LogP contribution in [0.4, 0.5) is 0 Å². The smallest absolute Gasteiger partial charge is 0.132 e. The van der Waals surface area contributed by atoms with Crippen LogP contribution in [-0.2, 0) is 6.42 Å². The molecule has 2 nitrogen and oxygen atoms in total. The Morgan fingerprint density at radius 1 is 1.15 bits per heavy atom. The lowest BCUT2D eigenvalue weighted by atomic mass is 10.0. The molecule has 1 unspecified atom stereocenters. The predicted molar refractivity (Wildman–Crippen MR) is 84.7 cm³/mol. The van der Waals surface area contributed by atoms with Gasteiger partial charge < -0.3 is 10.5 Å². The lowest BCUT2D eigenvalue weighted by Gasteiger charge is -2.15. The molecule has 0 aromatic heterocycles. The second-order valence-electron chi connectivity index (χ2n) is 5.00. The van der Waals surface area contributed by atoms with Crippen LogP contribution in [0.1, 0.15) is 24.5 Å². The Balaban J connectivity index is 2.26. The van der Waals surface area contributed by atoms with Crippen LogP contribution < -0.4 is 10.5 Å². The van der Waals surface area contributed by atoms with Crippen molar-refractivity contribution < 1.29 is 4.74 Å². The molecule has 106 valence electrons. The summed E-state index contributed by atoms with van der Waals surface area (Å²) in [5.74, 6) is 1.59. The van der Waals surface area contributed by atoms with Crippen LogP contribution in [0.15, 0.2) is 42.5 Å². The van der Waals surface area contributed by atoms with Crippen molar-refractivity contribution in [3.63, 3.8) is 0 Å². The molecule has 2 N–H and O–H groups in total. The second kappa shape index (κ2) is 6.78. The third-order valence-corrected chi connectivity index (χ3v) is 3.67. The van der Waals surface area contributed by atoms with Crippen LogP contribution in [0.2, 0.25) is 5.02 Å². The molecular formula is C17H20ClNO. The Hall–Kier alpha value is -1.51. The van der Waals surface area contributed by atoms with Crippen LogP contribution in [-0.4, -0.2) is 6.04 Å². The fraction of sp³-hybridized carbons (Fsp3) is 0.294. The van der Waals surface area contributed by atoms with Crippen molar-refractivity contribution in [1.29, 1.82) is 0 Å². The third-order valence-electron chi connectivity index (χ3n) is 3.32. The van der Waals surface area contributed by atoms with Gasteiger partial charge in [0.1, 0.15) is 11.5 Å². The molecule has 2 aromatic carbocycles. The van der Waals surface area contributed by atoms with Crippen molar-refractivity contribution in [3.05, 3.63) is 58.6 Å². The van der Waals surface area contributed by atoms with E-state index >= 15 is 0 Å².